The first-order chi connectivity index (χ1) is 10.6. The second-order valence-corrected chi connectivity index (χ2v) is 5.38. The quantitative estimate of drug-likeness (QED) is 0.583. The van der Waals surface area contributed by atoms with Crippen LogP contribution in [-0.4, -0.2) is 14.8 Å². The van der Waals surface area contributed by atoms with Crippen LogP contribution in [0.4, 0.5) is 4.39 Å². The fourth-order valence-electron chi connectivity index (χ4n) is 2.51. The molecule has 0 unspecified atom stereocenters. The van der Waals surface area contributed by atoms with Crippen LogP contribution in [0.5, 0.6) is 0 Å². The SMILES string of the molecule is O=c1c2ncc3cc(F)ccc3c2[nH]n1-c1ccc(Cl)cc1. The number of rotatable bonds is 1. The average Bonchev–Trinajstić information content (AvgIpc) is 2.85. The van der Waals surface area contributed by atoms with Gasteiger partial charge in [-0.1, -0.05) is 11.6 Å². The van der Waals surface area contributed by atoms with Gasteiger partial charge in [-0.3, -0.25) is 9.89 Å². The Morgan fingerprint density at radius 3 is 2.68 bits per heavy atom. The number of nitrogens with one attached hydrogen (secondary N) is 1. The van der Waals surface area contributed by atoms with E-state index < -0.39 is 0 Å². The van der Waals surface area contributed by atoms with Gasteiger partial charge in [-0.2, -0.15) is 0 Å². The summed E-state index contributed by atoms with van der Waals surface area (Å²) in [6, 6.07) is 11.3. The van der Waals surface area contributed by atoms with Gasteiger partial charge in [0.05, 0.1) is 11.2 Å². The van der Waals surface area contributed by atoms with Gasteiger partial charge in [0, 0.05) is 22.0 Å². The Labute approximate surface area is 128 Å². The summed E-state index contributed by atoms with van der Waals surface area (Å²) in [4.78, 5) is 16.6. The molecule has 0 fully saturated rings. The zero-order valence-corrected chi connectivity index (χ0v) is 11.9. The molecule has 0 aliphatic rings. The van der Waals surface area contributed by atoms with Crippen molar-refractivity contribution >= 4 is 33.4 Å². The third kappa shape index (κ3) is 1.90. The molecule has 4 nitrogen and oxygen atoms in total. The molecule has 0 radical (unpaired) electrons. The highest BCUT2D eigenvalue weighted by atomic mass is 35.5. The molecule has 0 amide bonds. The first-order valence-electron chi connectivity index (χ1n) is 6.58. The van der Waals surface area contributed by atoms with Gasteiger partial charge in [-0.25, -0.2) is 14.1 Å². The van der Waals surface area contributed by atoms with Crippen LogP contribution >= 0.6 is 11.6 Å². The van der Waals surface area contributed by atoms with Gasteiger partial charge in [0.2, 0.25) is 0 Å². The number of halogens is 2. The molecule has 108 valence electrons. The molecule has 2 aromatic carbocycles. The summed E-state index contributed by atoms with van der Waals surface area (Å²) in [6.45, 7) is 0. The van der Waals surface area contributed by atoms with Crippen LogP contribution in [0.25, 0.3) is 27.5 Å². The zero-order chi connectivity index (χ0) is 15.3. The lowest BCUT2D eigenvalue weighted by Gasteiger charge is -2.01. The summed E-state index contributed by atoms with van der Waals surface area (Å²) in [5.74, 6) is -0.340. The van der Waals surface area contributed by atoms with E-state index in [0.717, 1.165) is 5.39 Å². The maximum Gasteiger partial charge on any atom is 0.297 e. The predicted molar refractivity (Wildman–Crippen MR) is 84.2 cm³/mol. The molecule has 22 heavy (non-hydrogen) atoms. The maximum absolute atomic E-state index is 13.3. The molecule has 0 spiro atoms. The second-order valence-electron chi connectivity index (χ2n) is 4.94. The number of hydrogen-bond acceptors (Lipinski definition) is 2. The van der Waals surface area contributed by atoms with E-state index in [4.69, 9.17) is 11.6 Å². The fourth-order valence-corrected chi connectivity index (χ4v) is 2.64. The molecule has 4 aromatic rings. The highest BCUT2D eigenvalue weighted by molar-refractivity contribution is 6.30. The summed E-state index contributed by atoms with van der Waals surface area (Å²) in [6.07, 6.45) is 1.50. The van der Waals surface area contributed by atoms with Crippen molar-refractivity contribution in [1.29, 1.82) is 0 Å². The van der Waals surface area contributed by atoms with Crippen molar-refractivity contribution in [2.45, 2.75) is 0 Å². The number of hydrogen-bond donors (Lipinski definition) is 1. The minimum Gasteiger partial charge on any atom is -0.288 e. The van der Waals surface area contributed by atoms with E-state index >= 15 is 0 Å². The predicted octanol–water partition coefficient (Wildman–Crippen LogP) is 3.66. The lowest BCUT2D eigenvalue weighted by Crippen LogP contribution is -2.14. The number of nitrogens with zero attached hydrogens (tertiary/aromatic N) is 2. The highest BCUT2D eigenvalue weighted by Crippen LogP contribution is 2.22. The Hall–Kier alpha value is -2.66. The van der Waals surface area contributed by atoms with Gasteiger partial charge in [0.25, 0.3) is 5.56 Å². The monoisotopic (exact) mass is 313 g/mol. The summed E-state index contributed by atoms with van der Waals surface area (Å²) in [5.41, 5.74) is 1.29. The Morgan fingerprint density at radius 2 is 1.91 bits per heavy atom. The van der Waals surface area contributed by atoms with Crippen molar-refractivity contribution in [2.24, 2.45) is 0 Å². The fraction of sp³-hybridized carbons (Fsp3) is 0. The van der Waals surface area contributed by atoms with Crippen molar-refractivity contribution in [3.8, 4) is 5.69 Å². The van der Waals surface area contributed by atoms with Crippen molar-refractivity contribution in [1.82, 2.24) is 14.8 Å². The number of fused-ring (bicyclic) bond motifs is 3. The minimum atomic E-state index is -0.340. The molecule has 0 aliphatic heterocycles. The highest BCUT2D eigenvalue weighted by Gasteiger charge is 2.12. The van der Waals surface area contributed by atoms with Crippen molar-refractivity contribution < 1.29 is 4.39 Å². The van der Waals surface area contributed by atoms with Crippen molar-refractivity contribution in [2.75, 3.05) is 0 Å². The van der Waals surface area contributed by atoms with E-state index in [1.807, 2.05) is 0 Å². The molecule has 1 N–H and O–H groups in total. The topological polar surface area (TPSA) is 50.7 Å². The largest absolute Gasteiger partial charge is 0.297 e. The van der Waals surface area contributed by atoms with Crippen LogP contribution in [0, 0.1) is 5.82 Å². The van der Waals surface area contributed by atoms with E-state index in [1.54, 1.807) is 30.3 Å². The summed E-state index contributed by atoms with van der Waals surface area (Å²) < 4.78 is 14.7. The number of aromatic nitrogens is 3. The summed E-state index contributed by atoms with van der Waals surface area (Å²) >= 11 is 5.87. The smallest absolute Gasteiger partial charge is 0.288 e. The average molecular weight is 314 g/mol. The Kier molecular flexibility index (Phi) is 2.77. The van der Waals surface area contributed by atoms with E-state index in [1.165, 1.54) is 23.0 Å². The molecule has 0 saturated heterocycles. The van der Waals surface area contributed by atoms with E-state index in [0.29, 0.717) is 27.1 Å². The van der Waals surface area contributed by atoms with Gasteiger partial charge in [0.1, 0.15) is 5.82 Å². The maximum atomic E-state index is 13.3. The molecule has 0 atom stereocenters. The summed E-state index contributed by atoms with van der Waals surface area (Å²) in [5, 5.41) is 5.01. The number of H-pyrrole nitrogens is 1. The normalized spacial score (nSPS) is 11.4. The van der Waals surface area contributed by atoms with Crippen LogP contribution in [-0.2, 0) is 0 Å². The molecule has 0 bridgehead atoms. The van der Waals surface area contributed by atoms with Crippen LogP contribution in [0.3, 0.4) is 0 Å². The van der Waals surface area contributed by atoms with Gasteiger partial charge in [0.15, 0.2) is 5.52 Å². The molecule has 4 rings (SSSR count). The standard InChI is InChI=1S/C16H9ClFN3O/c17-10-1-4-12(5-2-10)21-16(22)15-14(20-21)13-6-3-11(18)7-9(13)8-19-15/h1-8,20H. The molecule has 6 heteroatoms. The Morgan fingerprint density at radius 1 is 1.14 bits per heavy atom. The Balaban J connectivity index is 2.06. The van der Waals surface area contributed by atoms with Gasteiger partial charge >= 0.3 is 0 Å². The lowest BCUT2D eigenvalue weighted by atomic mass is 10.1. The van der Waals surface area contributed by atoms with Crippen LogP contribution < -0.4 is 5.56 Å². The van der Waals surface area contributed by atoms with Crippen molar-refractivity contribution in [3.63, 3.8) is 0 Å². The third-order valence-corrected chi connectivity index (χ3v) is 3.82. The second kappa shape index (κ2) is 4.68. The van der Waals surface area contributed by atoms with Gasteiger partial charge < -0.3 is 0 Å². The first-order valence-corrected chi connectivity index (χ1v) is 6.96. The molecule has 2 heterocycles. The van der Waals surface area contributed by atoms with Crippen LogP contribution in [0.1, 0.15) is 0 Å². The first kappa shape index (κ1) is 13.0. The van der Waals surface area contributed by atoms with Gasteiger partial charge in [-0.05, 0) is 42.5 Å². The molecule has 0 aliphatic carbocycles. The van der Waals surface area contributed by atoms with Gasteiger partial charge in [-0.15, -0.1) is 0 Å². The summed E-state index contributed by atoms with van der Waals surface area (Å²) in [7, 11) is 0. The Bertz CT molecular complexity index is 1070. The van der Waals surface area contributed by atoms with E-state index in [2.05, 4.69) is 10.1 Å². The van der Waals surface area contributed by atoms with Crippen LogP contribution in [0.15, 0.2) is 53.5 Å². The molecular formula is C16H9ClFN3O. The minimum absolute atomic E-state index is 0.261. The van der Waals surface area contributed by atoms with Crippen LogP contribution in [0.2, 0.25) is 5.02 Å². The van der Waals surface area contributed by atoms with E-state index in [-0.39, 0.29) is 11.4 Å². The number of aromatic amines is 1. The van der Waals surface area contributed by atoms with E-state index in [9.17, 15) is 9.18 Å². The molecule has 0 saturated carbocycles. The lowest BCUT2D eigenvalue weighted by molar-refractivity contribution is 0.629. The van der Waals surface area contributed by atoms with Crippen molar-refractivity contribution in [3.05, 3.63) is 69.9 Å². The zero-order valence-electron chi connectivity index (χ0n) is 11.2. The molecular weight excluding hydrogens is 305 g/mol. The number of benzene rings is 2. The number of pyridine rings is 1. The molecule has 2 aromatic heterocycles. The third-order valence-electron chi connectivity index (χ3n) is 3.57.